The predicted octanol–water partition coefficient (Wildman–Crippen LogP) is 1.91. The average molecular weight is 209 g/mol. The summed E-state index contributed by atoms with van der Waals surface area (Å²) in [6.07, 6.45) is 9.34. The summed E-state index contributed by atoms with van der Waals surface area (Å²) in [4.78, 5) is 0. The standard InChI is InChI=1S/C13H23NO/c14-8-12(15)7-13-4-9-1-10(5-13)3-11(2-9)6-13/h9-12,15H,1-8,14H2/t9?,10?,11?,12-,13?/m1/s1. The van der Waals surface area contributed by atoms with Gasteiger partial charge in [0.05, 0.1) is 6.10 Å². The smallest absolute Gasteiger partial charge is 0.0667 e. The second kappa shape index (κ2) is 3.46. The molecule has 0 unspecified atom stereocenters. The van der Waals surface area contributed by atoms with Gasteiger partial charge < -0.3 is 10.8 Å². The zero-order chi connectivity index (χ0) is 10.5. The van der Waals surface area contributed by atoms with E-state index in [1.54, 1.807) is 0 Å². The van der Waals surface area contributed by atoms with E-state index in [-0.39, 0.29) is 6.10 Å². The van der Waals surface area contributed by atoms with Gasteiger partial charge >= 0.3 is 0 Å². The van der Waals surface area contributed by atoms with Crippen molar-refractivity contribution in [3.63, 3.8) is 0 Å². The largest absolute Gasteiger partial charge is 0.392 e. The van der Waals surface area contributed by atoms with Gasteiger partial charge in [0.2, 0.25) is 0 Å². The van der Waals surface area contributed by atoms with Crippen molar-refractivity contribution in [1.82, 2.24) is 0 Å². The molecule has 4 bridgehead atoms. The Morgan fingerprint density at radius 1 is 1.07 bits per heavy atom. The van der Waals surface area contributed by atoms with E-state index in [1.807, 2.05) is 0 Å². The monoisotopic (exact) mass is 209 g/mol. The van der Waals surface area contributed by atoms with Crippen molar-refractivity contribution in [3.05, 3.63) is 0 Å². The lowest BCUT2D eigenvalue weighted by Crippen LogP contribution is -2.47. The fourth-order valence-electron chi connectivity index (χ4n) is 5.12. The van der Waals surface area contributed by atoms with Crippen molar-refractivity contribution >= 4 is 0 Å². The Morgan fingerprint density at radius 2 is 1.53 bits per heavy atom. The first-order valence-electron chi connectivity index (χ1n) is 6.57. The third-order valence-corrected chi connectivity index (χ3v) is 5.11. The molecule has 86 valence electrons. The fraction of sp³-hybridized carbons (Fsp3) is 1.00. The summed E-state index contributed by atoms with van der Waals surface area (Å²) >= 11 is 0. The van der Waals surface area contributed by atoms with Gasteiger partial charge in [-0.3, -0.25) is 0 Å². The maximum Gasteiger partial charge on any atom is 0.0667 e. The molecule has 0 aromatic rings. The molecule has 4 aliphatic carbocycles. The van der Waals surface area contributed by atoms with Crippen LogP contribution >= 0.6 is 0 Å². The van der Waals surface area contributed by atoms with Crippen molar-refractivity contribution in [3.8, 4) is 0 Å². The molecule has 4 aliphatic rings. The number of aliphatic hydroxyl groups excluding tert-OH is 1. The van der Waals surface area contributed by atoms with Gasteiger partial charge in [0.15, 0.2) is 0 Å². The van der Waals surface area contributed by atoms with Crippen LogP contribution in [0, 0.1) is 23.2 Å². The zero-order valence-corrected chi connectivity index (χ0v) is 9.49. The first-order chi connectivity index (χ1) is 7.19. The van der Waals surface area contributed by atoms with Gasteiger partial charge in [-0.05, 0) is 68.1 Å². The van der Waals surface area contributed by atoms with Crippen molar-refractivity contribution in [2.24, 2.45) is 28.9 Å². The maximum atomic E-state index is 9.79. The Hall–Kier alpha value is -0.0800. The van der Waals surface area contributed by atoms with Gasteiger partial charge in [0.1, 0.15) is 0 Å². The van der Waals surface area contributed by atoms with E-state index < -0.39 is 0 Å². The van der Waals surface area contributed by atoms with Crippen LogP contribution < -0.4 is 5.73 Å². The molecule has 4 rings (SSSR count). The van der Waals surface area contributed by atoms with Crippen LogP contribution in [0.4, 0.5) is 0 Å². The SMILES string of the molecule is NC[C@H](O)CC12CC3CC(CC(C3)C1)C2. The molecule has 2 nitrogen and oxygen atoms in total. The number of hydrogen-bond donors (Lipinski definition) is 2. The average Bonchev–Trinajstić information content (AvgIpc) is 2.14. The number of nitrogens with two attached hydrogens (primary N) is 1. The highest BCUT2D eigenvalue weighted by Crippen LogP contribution is 2.61. The van der Waals surface area contributed by atoms with Crippen molar-refractivity contribution < 1.29 is 5.11 Å². The molecule has 4 saturated carbocycles. The molecule has 0 heterocycles. The first kappa shape index (κ1) is 10.1. The molecule has 2 heteroatoms. The first-order valence-corrected chi connectivity index (χ1v) is 6.57. The third-order valence-electron chi connectivity index (χ3n) is 5.11. The molecule has 0 spiro atoms. The minimum atomic E-state index is -0.249. The third kappa shape index (κ3) is 1.72. The summed E-state index contributed by atoms with van der Waals surface area (Å²) in [5, 5.41) is 9.79. The molecular weight excluding hydrogens is 186 g/mol. The van der Waals surface area contributed by atoms with Gasteiger partial charge in [0.25, 0.3) is 0 Å². The molecule has 1 atom stereocenters. The summed E-state index contributed by atoms with van der Waals surface area (Å²) in [5.74, 6) is 2.96. The topological polar surface area (TPSA) is 46.2 Å². The van der Waals surface area contributed by atoms with Crippen LogP contribution in [0.25, 0.3) is 0 Å². The van der Waals surface area contributed by atoms with E-state index in [0.717, 1.165) is 24.2 Å². The van der Waals surface area contributed by atoms with Crippen LogP contribution in [0.5, 0.6) is 0 Å². The molecule has 0 aliphatic heterocycles. The Kier molecular flexibility index (Phi) is 2.33. The van der Waals surface area contributed by atoms with Crippen LogP contribution in [0.2, 0.25) is 0 Å². The van der Waals surface area contributed by atoms with Gasteiger partial charge in [-0.25, -0.2) is 0 Å². The van der Waals surface area contributed by atoms with Gasteiger partial charge in [-0.2, -0.15) is 0 Å². The van der Waals surface area contributed by atoms with Crippen LogP contribution in [-0.2, 0) is 0 Å². The number of hydrogen-bond acceptors (Lipinski definition) is 2. The summed E-state index contributed by atoms with van der Waals surface area (Å²) < 4.78 is 0. The van der Waals surface area contributed by atoms with Crippen LogP contribution in [-0.4, -0.2) is 17.8 Å². The summed E-state index contributed by atoms with van der Waals surface area (Å²) in [6.45, 7) is 0.446. The number of rotatable bonds is 3. The minimum Gasteiger partial charge on any atom is -0.392 e. The van der Waals surface area contributed by atoms with E-state index in [4.69, 9.17) is 5.73 Å². The normalized spacial score (nSPS) is 49.6. The molecule has 3 N–H and O–H groups in total. The summed E-state index contributed by atoms with van der Waals surface area (Å²) in [6, 6.07) is 0. The van der Waals surface area contributed by atoms with E-state index in [2.05, 4.69) is 0 Å². The predicted molar refractivity (Wildman–Crippen MR) is 60.3 cm³/mol. The maximum absolute atomic E-state index is 9.79. The second-order valence-electron chi connectivity index (χ2n) is 6.51. The lowest BCUT2D eigenvalue weighted by molar-refractivity contribution is -0.0745. The summed E-state index contributed by atoms with van der Waals surface area (Å²) in [5.41, 5.74) is 6.04. The zero-order valence-electron chi connectivity index (χ0n) is 9.49. The Balaban J connectivity index is 1.75. The lowest BCUT2D eigenvalue weighted by atomic mass is 9.48. The van der Waals surface area contributed by atoms with E-state index in [0.29, 0.717) is 12.0 Å². The molecule has 15 heavy (non-hydrogen) atoms. The van der Waals surface area contributed by atoms with E-state index in [1.165, 1.54) is 38.5 Å². The van der Waals surface area contributed by atoms with Gasteiger partial charge in [0, 0.05) is 6.54 Å². The van der Waals surface area contributed by atoms with Crippen LogP contribution in [0.1, 0.15) is 44.9 Å². The van der Waals surface area contributed by atoms with Crippen molar-refractivity contribution in [2.75, 3.05) is 6.54 Å². The molecule has 0 aromatic heterocycles. The highest BCUT2D eigenvalue weighted by Gasteiger charge is 2.50. The van der Waals surface area contributed by atoms with Crippen molar-refractivity contribution in [1.29, 1.82) is 0 Å². The van der Waals surface area contributed by atoms with E-state index >= 15 is 0 Å². The highest BCUT2D eigenvalue weighted by atomic mass is 16.3. The van der Waals surface area contributed by atoms with Crippen molar-refractivity contribution in [2.45, 2.75) is 51.0 Å². The molecule has 0 radical (unpaired) electrons. The van der Waals surface area contributed by atoms with Crippen LogP contribution in [0.3, 0.4) is 0 Å². The minimum absolute atomic E-state index is 0.249. The quantitative estimate of drug-likeness (QED) is 0.746. The van der Waals surface area contributed by atoms with Crippen LogP contribution in [0.15, 0.2) is 0 Å². The summed E-state index contributed by atoms with van der Waals surface area (Å²) in [7, 11) is 0. The van der Waals surface area contributed by atoms with E-state index in [9.17, 15) is 5.11 Å². The Morgan fingerprint density at radius 3 is 1.93 bits per heavy atom. The second-order valence-corrected chi connectivity index (χ2v) is 6.51. The molecular formula is C13H23NO. The highest BCUT2D eigenvalue weighted by molar-refractivity contribution is 5.02. The molecule has 0 amide bonds. The molecule has 0 aromatic carbocycles. The molecule has 0 saturated heterocycles. The molecule has 4 fully saturated rings. The lowest BCUT2D eigenvalue weighted by Gasteiger charge is -2.57. The number of aliphatic hydroxyl groups is 1. The van der Waals surface area contributed by atoms with Gasteiger partial charge in [-0.15, -0.1) is 0 Å². The fourth-order valence-corrected chi connectivity index (χ4v) is 5.12. The van der Waals surface area contributed by atoms with Gasteiger partial charge in [-0.1, -0.05) is 0 Å². The Labute approximate surface area is 92.2 Å². The Bertz CT molecular complexity index is 216.